The number of benzene rings is 2. The first-order chi connectivity index (χ1) is 15.9. The molecular formula is C26H31NO6. The number of hydrogen-bond acceptors (Lipinski definition) is 7. The molecule has 3 rings (SSSR count). The van der Waals surface area contributed by atoms with Crippen molar-refractivity contribution in [3.63, 3.8) is 0 Å². The molecule has 176 valence electrons. The molecule has 1 heterocycles. The van der Waals surface area contributed by atoms with E-state index in [4.69, 9.17) is 28.7 Å². The fourth-order valence-electron chi connectivity index (χ4n) is 3.37. The first-order valence-corrected chi connectivity index (χ1v) is 11.0. The highest BCUT2D eigenvalue weighted by Gasteiger charge is 2.18. The lowest BCUT2D eigenvalue weighted by Crippen LogP contribution is -2.16. The van der Waals surface area contributed by atoms with Gasteiger partial charge in [-0.3, -0.25) is 4.98 Å². The smallest absolute Gasteiger partial charge is 0.457 e. The van der Waals surface area contributed by atoms with Crippen LogP contribution in [-0.4, -0.2) is 44.7 Å². The fraction of sp³-hybridized carbons (Fsp3) is 0.385. The zero-order chi connectivity index (χ0) is 23.8. The molecule has 0 unspecified atom stereocenters. The zero-order valence-electron chi connectivity index (χ0n) is 19.9. The van der Waals surface area contributed by atoms with Gasteiger partial charge in [-0.05, 0) is 57.0 Å². The van der Waals surface area contributed by atoms with Gasteiger partial charge in [0.25, 0.3) is 0 Å². The van der Waals surface area contributed by atoms with Crippen LogP contribution in [0.4, 0.5) is 4.79 Å². The average molecular weight is 454 g/mol. The van der Waals surface area contributed by atoms with Gasteiger partial charge in [-0.1, -0.05) is 24.6 Å². The number of carbonyl (C=O) groups excluding carboxylic acids is 1. The second kappa shape index (κ2) is 11.6. The summed E-state index contributed by atoms with van der Waals surface area (Å²) >= 11 is 0. The van der Waals surface area contributed by atoms with Crippen molar-refractivity contribution in [1.29, 1.82) is 0 Å². The molecule has 0 radical (unpaired) electrons. The fourth-order valence-corrected chi connectivity index (χ4v) is 3.37. The molecule has 2 aromatic carbocycles. The van der Waals surface area contributed by atoms with E-state index in [-0.39, 0.29) is 13.2 Å². The van der Waals surface area contributed by atoms with E-state index in [9.17, 15) is 4.79 Å². The van der Waals surface area contributed by atoms with Crippen molar-refractivity contribution in [1.82, 2.24) is 4.98 Å². The van der Waals surface area contributed by atoms with Crippen LogP contribution in [-0.2, 0) is 20.6 Å². The molecule has 0 N–H and O–H groups in total. The number of ether oxygens (including phenoxy) is 5. The first kappa shape index (κ1) is 24.5. The predicted molar refractivity (Wildman–Crippen MR) is 127 cm³/mol. The summed E-state index contributed by atoms with van der Waals surface area (Å²) in [6, 6.07) is 11.6. The standard InChI is InChI=1S/C26H31NO6/c1-6-22-19(4)25(33-26(28)31-14-13-30-12-11-29-5)21-16-24(18(3)15-23(21)27-22)32-20-9-7-17(2)8-10-20/h7-10,15-16H,6,11-14H2,1-5H3. The molecule has 0 fully saturated rings. The Morgan fingerprint density at radius 2 is 1.70 bits per heavy atom. The van der Waals surface area contributed by atoms with Crippen LogP contribution in [0.2, 0.25) is 0 Å². The van der Waals surface area contributed by atoms with Gasteiger partial charge < -0.3 is 23.7 Å². The Morgan fingerprint density at radius 1 is 0.970 bits per heavy atom. The molecule has 0 aliphatic rings. The van der Waals surface area contributed by atoms with Gasteiger partial charge in [0, 0.05) is 23.8 Å². The van der Waals surface area contributed by atoms with Crippen LogP contribution in [0.1, 0.15) is 29.3 Å². The minimum Gasteiger partial charge on any atom is -0.457 e. The van der Waals surface area contributed by atoms with Crippen molar-refractivity contribution in [2.75, 3.05) is 33.5 Å². The van der Waals surface area contributed by atoms with Gasteiger partial charge >= 0.3 is 6.16 Å². The summed E-state index contributed by atoms with van der Waals surface area (Å²) in [5.41, 5.74) is 4.48. The first-order valence-electron chi connectivity index (χ1n) is 11.0. The lowest BCUT2D eigenvalue weighted by molar-refractivity contribution is 0.0314. The average Bonchev–Trinajstić information content (AvgIpc) is 2.80. The van der Waals surface area contributed by atoms with Crippen LogP contribution in [0.25, 0.3) is 10.9 Å². The highest BCUT2D eigenvalue weighted by molar-refractivity contribution is 5.90. The van der Waals surface area contributed by atoms with Gasteiger partial charge in [0.05, 0.1) is 25.3 Å². The van der Waals surface area contributed by atoms with Gasteiger partial charge in [-0.25, -0.2) is 4.79 Å². The zero-order valence-corrected chi connectivity index (χ0v) is 19.9. The number of pyridine rings is 1. The number of rotatable bonds is 10. The van der Waals surface area contributed by atoms with Crippen molar-refractivity contribution in [2.45, 2.75) is 34.1 Å². The van der Waals surface area contributed by atoms with Gasteiger partial charge in [0.1, 0.15) is 23.9 Å². The largest absolute Gasteiger partial charge is 0.513 e. The Balaban J connectivity index is 1.85. The lowest BCUT2D eigenvalue weighted by atomic mass is 10.0. The lowest BCUT2D eigenvalue weighted by Gasteiger charge is -2.16. The molecule has 0 bridgehead atoms. The maximum Gasteiger partial charge on any atom is 0.513 e. The Labute approximate surface area is 194 Å². The van der Waals surface area contributed by atoms with Crippen LogP contribution in [0.3, 0.4) is 0 Å². The van der Waals surface area contributed by atoms with E-state index >= 15 is 0 Å². The normalized spacial score (nSPS) is 10.9. The summed E-state index contributed by atoms with van der Waals surface area (Å²) in [5, 5.41) is 0.686. The summed E-state index contributed by atoms with van der Waals surface area (Å²) in [5.74, 6) is 1.82. The van der Waals surface area contributed by atoms with Crippen molar-refractivity contribution in [3.05, 3.63) is 58.8 Å². The number of methoxy groups -OCH3 is 1. The maximum atomic E-state index is 12.4. The van der Waals surface area contributed by atoms with Crippen LogP contribution >= 0.6 is 0 Å². The number of carbonyl (C=O) groups is 1. The van der Waals surface area contributed by atoms with Crippen LogP contribution < -0.4 is 9.47 Å². The van der Waals surface area contributed by atoms with E-state index in [0.29, 0.717) is 36.5 Å². The SMILES string of the molecule is CCc1nc2cc(C)c(Oc3ccc(C)cc3)cc2c(OC(=O)OCCOCCOC)c1C. The molecule has 0 aliphatic heterocycles. The molecule has 0 saturated heterocycles. The molecule has 7 nitrogen and oxygen atoms in total. The molecule has 7 heteroatoms. The van der Waals surface area contributed by atoms with Crippen molar-refractivity contribution in [2.24, 2.45) is 0 Å². The highest BCUT2D eigenvalue weighted by atomic mass is 16.7. The molecule has 3 aromatic rings. The van der Waals surface area contributed by atoms with E-state index in [1.54, 1.807) is 7.11 Å². The van der Waals surface area contributed by atoms with Crippen molar-refractivity contribution >= 4 is 17.1 Å². The van der Waals surface area contributed by atoms with Gasteiger partial charge in [0.2, 0.25) is 0 Å². The topological polar surface area (TPSA) is 76.1 Å². The molecule has 0 spiro atoms. The number of fused-ring (bicyclic) bond motifs is 1. The van der Waals surface area contributed by atoms with Crippen LogP contribution in [0.15, 0.2) is 36.4 Å². The van der Waals surface area contributed by atoms with Gasteiger partial charge in [-0.15, -0.1) is 0 Å². The molecule has 0 amide bonds. The van der Waals surface area contributed by atoms with Gasteiger partial charge in [0.15, 0.2) is 0 Å². The minimum atomic E-state index is -0.787. The summed E-state index contributed by atoms with van der Waals surface area (Å²) in [7, 11) is 1.60. The minimum absolute atomic E-state index is 0.0894. The molecule has 1 aromatic heterocycles. The second-order valence-electron chi connectivity index (χ2n) is 7.72. The Morgan fingerprint density at radius 3 is 2.39 bits per heavy atom. The molecule has 0 saturated carbocycles. The third-order valence-electron chi connectivity index (χ3n) is 5.22. The number of hydrogen-bond donors (Lipinski definition) is 0. The van der Waals surface area contributed by atoms with Crippen LogP contribution in [0.5, 0.6) is 17.2 Å². The van der Waals surface area contributed by atoms with E-state index in [2.05, 4.69) is 0 Å². The predicted octanol–water partition coefficient (Wildman–Crippen LogP) is 5.69. The van der Waals surface area contributed by atoms with Crippen LogP contribution in [0, 0.1) is 20.8 Å². The monoisotopic (exact) mass is 453 g/mol. The summed E-state index contributed by atoms with van der Waals surface area (Å²) < 4.78 is 27.2. The number of nitrogens with zero attached hydrogens (tertiary/aromatic N) is 1. The quantitative estimate of drug-likeness (QED) is 0.288. The summed E-state index contributed by atoms with van der Waals surface area (Å²) in [4.78, 5) is 17.2. The Bertz CT molecular complexity index is 1090. The second-order valence-corrected chi connectivity index (χ2v) is 7.72. The third-order valence-corrected chi connectivity index (χ3v) is 5.22. The van der Waals surface area contributed by atoms with E-state index in [1.165, 1.54) is 0 Å². The van der Waals surface area contributed by atoms with E-state index in [0.717, 1.165) is 33.7 Å². The highest BCUT2D eigenvalue weighted by Crippen LogP contribution is 2.36. The Hall–Kier alpha value is -3.16. The number of aryl methyl sites for hydroxylation is 3. The van der Waals surface area contributed by atoms with Crippen molar-refractivity contribution < 1.29 is 28.5 Å². The summed E-state index contributed by atoms with van der Waals surface area (Å²) in [6.07, 6.45) is -0.0779. The number of aromatic nitrogens is 1. The van der Waals surface area contributed by atoms with Crippen molar-refractivity contribution in [3.8, 4) is 17.2 Å². The van der Waals surface area contributed by atoms with E-state index in [1.807, 2.05) is 64.1 Å². The molecule has 33 heavy (non-hydrogen) atoms. The Kier molecular flexibility index (Phi) is 8.63. The van der Waals surface area contributed by atoms with Gasteiger partial charge in [-0.2, -0.15) is 0 Å². The molecule has 0 aliphatic carbocycles. The third kappa shape index (κ3) is 6.43. The molecule has 0 atom stereocenters. The maximum absolute atomic E-state index is 12.4. The molecular weight excluding hydrogens is 422 g/mol. The summed E-state index contributed by atoms with van der Waals surface area (Å²) in [6.45, 7) is 9.18. The van der Waals surface area contributed by atoms with E-state index < -0.39 is 6.16 Å².